The van der Waals surface area contributed by atoms with Crippen LogP contribution in [0.4, 0.5) is 11.4 Å². The molecule has 1 aromatic heterocycles. The lowest BCUT2D eigenvalue weighted by atomic mass is 10.2. The fourth-order valence-electron chi connectivity index (χ4n) is 2.16. The van der Waals surface area contributed by atoms with Crippen molar-refractivity contribution in [1.82, 2.24) is 4.98 Å². The highest BCUT2D eigenvalue weighted by molar-refractivity contribution is 7.80. The summed E-state index contributed by atoms with van der Waals surface area (Å²) in [6, 6.07) is 15.7. The number of anilines is 2. The van der Waals surface area contributed by atoms with Crippen LogP contribution in [0.25, 0.3) is 10.9 Å². The molecule has 3 rings (SSSR count). The van der Waals surface area contributed by atoms with Gasteiger partial charge in [-0.1, -0.05) is 18.2 Å². The molecule has 5 heteroatoms. The van der Waals surface area contributed by atoms with Gasteiger partial charge in [0.2, 0.25) is 0 Å². The van der Waals surface area contributed by atoms with E-state index in [1.807, 2.05) is 54.7 Å². The number of aromatic amines is 1. The van der Waals surface area contributed by atoms with Crippen molar-refractivity contribution in [3.63, 3.8) is 0 Å². The summed E-state index contributed by atoms with van der Waals surface area (Å²) in [5.41, 5.74) is 2.83. The maximum Gasteiger partial charge on any atom is 0.175 e. The third-order valence-corrected chi connectivity index (χ3v) is 3.37. The first-order valence-electron chi connectivity index (χ1n) is 6.54. The zero-order chi connectivity index (χ0) is 14.7. The second-order valence-electron chi connectivity index (χ2n) is 4.56. The fourth-order valence-corrected chi connectivity index (χ4v) is 2.39. The molecule has 0 aliphatic rings. The van der Waals surface area contributed by atoms with E-state index in [0.29, 0.717) is 5.11 Å². The van der Waals surface area contributed by atoms with Gasteiger partial charge in [0.25, 0.3) is 0 Å². The Morgan fingerprint density at radius 2 is 1.95 bits per heavy atom. The first kappa shape index (κ1) is 13.5. The molecule has 0 aliphatic heterocycles. The van der Waals surface area contributed by atoms with Crippen molar-refractivity contribution in [3.05, 3.63) is 54.7 Å². The number of aromatic nitrogens is 1. The monoisotopic (exact) mass is 297 g/mol. The first-order chi connectivity index (χ1) is 10.3. The van der Waals surface area contributed by atoms with E-state index in [-0.39, 0.29) is 0 Å². The van der Waals surface area contributed by atoms with Gasteiger partial charge >= 0.3 is 0 Å². The van der Waals surface area contributed by atoms with E-state index in [2.05, 4.69) is 15.6 Å². The van der Waals surface area contributed by atoms with Gasteiger partial charge in [-0.2, -0.15) is 0 Å². The highest BCUT2D eigenvalue weighted by Crippen LogP contribution is 2.23. The quantitative estimate of drug-likeness (QED) is 0.640. The molecule has 0 radical (unpaired) electrons. The molecule has 0 unspecified atom stereocenters. The fraction of sp³-hybridized carbons (Fsp3) is 0.0625. The average Bonchev–Trinajstić information content (AvgIpc) is 2.95. The second kappa shape index (κ2) is 5.85. The van der Waals surface area contributed by atoms with Gasteiger partial charge in [0.05, 0.1) is 12.8 Å². The molecule has 3 aromatic rings. The molecule has 2 aromatic carbocycles. The van der Waals surface area contributed by atoms with Crippen LogP contribution < -0.4 is 15.4 Å². The van der Waals surface area contributed by atoms with Crippen LogP contribution in [0.2, 0.25) is 0 Å². The average molecular weight is 297 g/mol. The van der Waals surface area contributed by atoms with Crippen LogP contribution in [0.5, 0.6) is 5.75 Å². The number of para-hydroxylation sites is 2. The van der Waals surface area contributed by atoms with Gasteiger partial charge in [-0.25, -0.2) is 0 Å². The summed E-state index contributed by atoms with van der Waals surface area (Å²) in [5.74, 6) is 0.751. The van der Waals surface area contributed by atoms with Gasteiger partial charge in [-0.3, -0.25) is 0 Å². The van der Waals surface area contributed by atoms with Crippen molar-refractivity contribution in [3.8, 4) is 5.75 Å². The molecule has 21 heavy (non-hydrogen) atoms. The van der Waals surface area contributed by atoms with Crippen LogP contribution >= 0.6 is 12.2 Å². The third kappa shape index (κ3) is 2.98. The maximum absolute atomic E-state index is 5.34. The molecular formula is C16H15N3OS. The van der Waals surface area contributed by atoms with Crippen LogP contribution in [0.15, 0.2) is 54.7 Å². The van der Waals surface area contributed by atoms with Crippen molar-refractivity contribution in [1.29, 1.82) is 0 Å². The van der Waals surface area contributed by atoms with E-state index in [4.69, 9.17) is 17.0 Å². The van der Waals surface area contributed by atoms with Gasteiger partial charge in [-0.15, -0.1) is 0 Å². The van der Waals surface area contributed by atoms with Crippen molar-refractivity contribution in [2.45, 2.75) is 0 Å². The summed E-state index contributed by atoms with van der Waals surface area (Å²) in [7, 11) is 1.64. The molecule has 0 amide bonds. The van der Waals surface area contributed by atoms with Crippen LogP contribution in [-0.2, 0) is 0 Å². The van der Waals surface area contributed by atoms with Crippen LogP contribution in [0, 0.1) is 0 Å². The summed E-state index contributed by atoms with van der Waals surface area (Å²) in [5, 5.41) is 7.99. The standard InChI is InChI=1S/C16H15N3OS/c1-20-15-5-3-2-4-13(15)19-16(21)18-12-7-6-11-8-9-17-14(11)10-12/h2-10,17H,1H3,(H2,18,19,21). The summed E-state index contributed by atoms with van der Waals surface area (Å²) < 4.78 is 5.29. The van der Waals surface area contributed by atoms with Gasteiger partial charge < -0.3 is 20.4 Å². The molecule has 0 bridgehead atoms. The highest BCUT2D eigenvalue weighted by atomic mass is 32.1. The summed E-state index contributed by atoms with van der Waals surface area (Å²) in [6.07, 6.45) is 1.92. The number of H-pyrrole nitrogens is 1. The van der Waals surface area contributed by atoms with Crippen LogP contribution in [0.1, 0.15) is 0 Å². The second-order valence-corrected chi connectivity index (χ2v) is 4.97. The third-order valence-electron chi connectivity index (χ3n) is 3.17. The van der Waals surface area contributed by atoms with E-state index in [0.717, 1.165) is 22.6 Å². The van der Waals surface area contributed by atoms with Crippen LogP contribution in [-0.4, -0.2) is 17.2 Å². The Balaban J connectivity index is 1.73. The van der Waals surface area contributed by atoms with Crippen molar-refractivity contribution in [2.75, 3.05) is 17.7 Å². The number of nitrogens with one attached hydrogen (secondary N) is 3. The molecule has 0 saturated heterocycles. The highest BCUT2D eigenvalue weighted by Gasteiger charge is 2.04. The predicted octanol–water partition coefficient (Wildman–Crippen LogP) is 3.99. The Morgan fingerprint density at radius 1 is 1.10 bits per heavy atom. The zero-order valence-corrected chi connectivity index (χ0v) is 12.3. The number of fused-ring (bicyclic) bond motifs is 1. The number of ether oxygens (including phenoxy) is 1. The lowest BCUT2D eigenvalue weighted by Gasteiger charge is -2.13. The van der Waals surface area contributed by atoms with E-state index >= 15 is 0 Å². The lowest BCUT2D eigenvalue weighted by molar-refractivity contribution is 0.417. The minimum absolute atomic E-state index is 0.519. The van der Waals surface area contributed by atoms with E-state index in [1.165, 1.54) is 5.39 Å². The summed E-state index contributed by atoms with van der Waals surface area (Å²) in [6.45, 7) is 0. The topological polar surface area (TPSA) is 49.1 Å². The maximum atomic E-state index is 5.34. The van der Waals surface area contributed by atoms with Crippen molar-refractivity contribution < 1.29 is 4.74 Å². The molecule has 0 aliphatic carbocycles. The molecular weight excluding hydrogens is 282 g/mol. The molecule has 0 atom stereocenters. The largest absolute Gasteiger partial charge is 0.495 e. The van der Waals surface area contributed by atoms with Gasteiger partial charge in [0.15, 0.2) is 5.11 Å². The minimum atomic E-state index is 0.519. The van der Waals surface area contributed by atoms with E-state index in [9.17, 15) is 0 Å². The number of hydrogen-bond donors (Lipinski definition) is 3. The number of rotatable bonds is 3. The number of benzene rings is 2. The number of hydrogen-bond acceptors (Lipinski definition) is 2. The van der Waals surface area contributed by atoms with E-state index < -0.39 is 0 Å². The Bertz CT molecular complexity index is 782. The van der Waals surface area contributed by atoms with Gasteiger partial charge in [0, 0.05) is 17.4 Å². The van der Waals surface area contributed by atoms with Gasteiger partial charge in [0.1, 0.15) is 5.75 Å². The SMILES string of the molecule is COc1ccccc1NC(=S)Nc1ccc2cc[nH]c2c1. The smallest absolute Gasteiger partial charge is 0.175 e. The number of methoxy groups -OCH3 is 1. The summed E-state index contributed by atoms with van der Waals surface area (Å²) >= 11 is 5.34. The molecule has 0 spiro atoms. The summed E-state index contributed by atoms with van der Waals surface area (Å²) in [4.78, 5) is 3.18. The normalized spacial score (nSPS) is 10.3. The molecule has 1 heterocycles. The van der Waals surface area contributed by atoms with Crippen LogP contribution in [0.3, 0.4) is 0 Å². The first-order valence-corrected chi connectivity index (χ1v) is 6.95. The minimum Gasteiger partial charge on any atom is -0.495 e. The molecule has 3 N–H and O–H groups in total. The molecule has 106 valence electrons. The van der Waals surface area contributed by atoms with Crippen molar-refractivity contribution >= 4 is 39.6 Å². The zero-order valence-electron chi connectivity index (χ0n) is 11.5. The Morgan fingerprint density at radius 3 is 2.81 bits per heavy atom. The van der Waals surface area contributed by atoms with E-state index in [1.54, 1.807) is 7.11 Å². The molecule has 4 nitrogen and oxygen atoms in total. The van der Waals surface area contributed by atoms with Crippen molar-refractivity contribution in [2.24, 2.45) is 0 Å². The lowest BCUT2D eigenvalue weighted by Crippen LogP contribution is -2.19. The number of thiocarbonyl (C=S) groups is 1. The molecule has 0 saturated carbocycles. The Kier molecular flexibility index (Phi) is 3.75. The molecule has 0 fully saturated rings. The predicted molar refractivity (Wildman–Crippen MR) is 91.1 cm³/mol. The Labute approximate surface area is 128 Å². The van der Waals surface area contributed by atoms with Gasteiger partial charge in [-0.05, 0) is 47.9 Å². The Hall–Kier alpha value is -2.53.